The molecule has 0 bridgehead atoms. The topological polar surface area (TPSA) is 42.2 Å². The minimum absolute atomic E-state index is 0.206. The average Bonchev–Trinajstić information content (AvgIpc) is 2.99. The van der Waals surface area contributed by atoms with Crippen LogP contribution in [0.5, 0.6) is 0 Å². The Labute approximate surface area is 143 Å². The molecule has 0 atom stereocenters. The fraction of sp³-hybridized carbons (Fsp3) is 0.0556. The quantitative estimate of drug-likeness (QED) is 0.650. The summed E-state index contributed by atoms with van der Waals surface area (Å²) in [5.74, 6) is 0.379. The predicted molar refractivity (Wildman–Crippen MR) is 93.3 cm³/mol. The molecule has 5 heteroatoms. The molecule has 0 aliphatic carbocycles. The lowest BCUT2D eigenvalue weighted by Gasteiger charge is -2.04. The van der Waals surface area contributed by atoms with E-state index in [1.165, 1.54) is 0 Å². The van der Waals surface area contributed by atoms with Crippen LogP contribution in [0.2, 0.25) is 10.0 Å². The number of amides is 1. The van der Waals surface area contributed by atoms with Gasteiger partial charge >= 0.3 is 0 Å². The van der Waals surface area contributed by atoms with Crippen molar-refractivity contribution in [3.8, 4) is 11.3 Å². The van der Waals surface area contributed by atoms with Crippen molar-refractivity contribution >= 4 is 34.8 Å². The molecule has 3 aromatic rings. The van der Waals surface area contributed by atoms with Gasteiger partial charge in [-0.3, -0.25) is 4.79 Å². The minimum atomic E-state index is -0.319. The molecular formula is C18H13Cl2NO2. The Bertz CT molecular complexity index is 871. The highest BCUT2D eigenvalue weighted by atomic mass is 35.5. The van der Waals surface area contributed by atoms with E-state index in [9.17, 15) is 4.79 Å². The van der Waals surface area contributed by atoms with E-state index in [2.05, 4.69) is 5.32 Å². The van der Waals surface area contributed by atoms with Crippen LogP contribution in [0.3, 0.4) is 0 Å². The molecule has 2 aromatic carbocycles. The maximum Gasteiger partial charge on any atom is 0.291 e. The third-order valence-electron chi connectivity index (χ3n) is 3.30. The molecule has 1 aromatic heterocycles. The lowest BCUT2D eigenvalue weighted by atomic mass is 10.2. The molecule has 116 valence electrons. The zero-order chi connectivity index (χ0) is 16.4. The standard InChI is InChI=1S/C18H13Cl2NO2/c1-11-3-2-4-13(9-11)21-18(22)17-8-7-16(23-17)14-10-12(19)5-6-15(14)20/h2-10H,1H3,(H,21,22). The number of nitrogens with one attached hydrogen (secondary N) is 1. The molecule has 0 saturated carbocycles. The van der Waals surface area contributed by atoms with Crippen molar-refractivity contribution in [1.82, 2.24) is 0 Å². The van der Waals surface area contributed by atoms with Crippen LogP contribution in [0, 0.1) is 6.92 Å². The van der Waals surface area contributed by atoms with Crippen LogP contribution in [0.15, 0.2) is 59.0 Å². The number of halogens is 2. The summed E-state index contributed by atoms with van der Waals surface area (Å²) in [6, 6.07) is 15.9. The Balaban J connectivity index is 1.84. The maximum absolute atomic E-state index is 12.3. The largest absolute Gasteiger partial charge is 0.451 e. The van der Waals surface area contributed by atoms with Crippen molar-refractivity contribution in [1.29, 1.82) is 0 Å². The summed E-state index contributed by atoms with van der Waals surface area (Å²) >= 11 is 12.1. The van der Waals surface area contributed by atoms with Crippen molar-refractivity contribution in [2.45, 2.75) is 6.92 Å². The predicted octanol–water partition coefficient (Wildman–Crippen LogP) is 5.81. The van der Waals surface area contributed by atoms with Gasteiger partial charge in [-0.25, -0.2) is 0 Å². The first-order valence-electron chi connectivity index (χ1n) is 6.96. The average molecular weight is 346 g/mol. The van der Waals surface area contributed by atoms with E-state index in [4.69, 9.17) is 27.6 Å². The summed E-state index contributed by atoms with van der Waals surface area (Å²) in [6.45, 7) is 1.96. The van der Waals surface area contributed by atoms with Crippen molar-refractivity contribution in [2.24, 2.45) is 0 Å². The number of anilines is 1. The third kappa shape index (κ3) is 3.58. The van der Waals surface area contributed by atoms with Gasteiger partial charge in [0.25, 0.3) is 5.91 Å². The van der Waals surface area contributed by atoms with Crippen LogP contribution < -0.4 is 5.32 Å². The molecule has 0 aliphatic rings. The first kappa shape index (κ1) is 15.7. The number of carbonyl (C=O) groups excluding carboxylic acids is 1. The zero-order valence-corrected chi connectivity index (χ0v) is 13.8. The van der Waals surface area contributed by atoms with E-state index in [0.717, 1.165) is 5.56 Å². The second-order valence-electron chi connectivity index (χ2n) is 5.11. The third-order valence-corrected chi connectivity index (χ3v) is 3.86. The number of aryl methyl sites for hydroxylation is 1. The number of hydrogen-bond donors (Lipinski definition) is 1. The number of furan rings is 1. The lowest BCUT2D eigenvalue weighted by Crippen LogP contribution is -2.10. The van der Waals surface area contributed by atoms with E-state index in [0.29, 0.717) is 27.1 Å². The minimum Gasteiger partial charge on any atom is -0.451 e. The Morgan fingerprint density at radius 2 is 1.87 bits per heavy atom. The van der Waals surface area contributed by atoms with Crippen molar-refractivity contribution in [3.63, 3.8) is 0 Å². The van der Waals surface area contributed by atoms with E-state index < -0.39 is 0 Å². The molecule has 0 unspecified atom stereocenters. The zero-order valence-electron chi connectivity index (χ0n) is 12.3. The van der Waals surface area contributed by atoms with Gasteiger partial charge in [0.2, 0.25) is 0 Å². The molecule has 0 spiro atoms. The van der Waals surface area contributed by atoms with E-state index in [1.54, 1.807) is 30.3 Å². The summed E-state index contributed by atoms with van der Waals surface area (Å²) in [4.78, 5) is 12.3. The summed E-state index contributed by atoms with van der Waals surface area (Å²) in [5.41, 5.74) is 2.43. The fourth-order valence-corrected chi connectivity index (χ4v) is 2.59. The molecule has 1 amide bonds. The summed E-state index contributed by atoms with van der Waals surface area (Å²) < 4.78 is 5.61. The first-order valence-corrected chi connectivity index (χ1v) is 7.72. The summed E-state index contributed by atoms with van der Waals surface area (Å²) in [6.07, 6.45) is 0. The van der Waals surface area contributed by atoms with Crippen LogP contribution in [-0.4, -0.2) is 5.91 Å². The van der Waals surface area contributed by atoms with Gasteiger partial charge in [0, 0.05) is 16.3 Å². The van der Waals surface area contributed by atoms with Crippen LogP contribution >= 0.6 is 23.2 Å². The van der Waals surface area contributed by atoms with Gasteiger partial charge in [0.15, 0.2) is 5.76 Å². The smallest absolute Gasteiger partial charge is 0.291 e. The van der Waals surface area contributed by atoms with Gasteiger partial charge in [-0.1, -0.05) is 35.3 Å². The number of carbonyl (C=O) groups is 1. The van der Waals surface area contributed by atoms with Gasteiger partial charge in [-0.15, -0.1) is 0 Å². The summed E-state index contributed by atoms with van der Waals surface area (Å²) in [7, 11) is 0. The molecule has 3 nitrogen and oxygen atoms in total. The van der Waals surface area contributed by atoms with Crippen LogP contribution in [0.4, 0.5) is 5.69 Å². The highest BCUT2D eigenvalue weighted by molar-refractivity contribution is 6.35. The molecule has 3 rings (SSSR count). The highest BCUT2D eigenvalue weighted by Gasteiger charge is 2.14. The Kier molecular flexibility index (Phi) is 4.42. The second-order valence-corrected chi connectivity index (χ2v) is 5.96. The van der Waals surface area contributed by atoms with Crippen molar-refractivity contribution < 1.29 is 9.21 Å². The molecule has 0 fully saturated rings. The first-order chi connectivity index (χ1) is 11.0. The monoisotopic (exact) mass is 345 g/mol. The normalized spacial score (nSPS) is 10.6. The van der Waals surface area contributed by atoms with E-state index in [1.807, 2.05) is 31.2 Å². The number of benzene rings is 2. The summed E-state index contributed by atoms with van der Waals surface area (Å²) in [5, 5.41) is 3.85. The van der Waals surface area contributed by atoms with E-state index >= 15 is 0 Å². The van der Waals surface area contributed by atoms with Crippen molar-refractivity contribution in [2.75, 3.05) is 5.32 Å². The van der Waals surface area contributed by atoms with Crippen LogP contribution in [0.25, 0.3) is 11.3 Å². The van der Waals surface area contributed by atoms with Crippen LogP contribution in [0.1, 0.15) is 16.1 Å². The highest BCUT2D eigenvalue weighted by Crippen LogP contribution is 2.32. The van der Waals surface area contributed by atoms with Crippen molar-refractivity contribution in [3.05, 3.63) is 76.0 Å². The molecule has 0 radical (unpaired) electrons. The lowest BCUT2D eigenvalue weighted by molar-refractivity contribution is 0.0997. The SMILES string of the molecule is Cc1cccc(NC(=O)c2ccc(-c3cc(Cl)ccc3Cl)o2)c1. The number of hydrogen-bond acceptors (Lipinski definition) is 2. The molecule has 0 saturated heterocycles. The molecular weight excluding hydrogens is 333 g/mol. The van der Waals surface area contributed by atoms with E-state index in [-0.39, 0.29) is 11.7 Å². The van der Waals surface area contributed by atoms with Gasteiger partial charge in [-0.05, 0) is 55.0 Å². The molecule has 23 heavy (non-hydrogen) atoms. The second kappa shape index (κ2) is 6.49. The van der Waals surface area contributed by atoms with Gasteiger partial charge < -0.3 is 9.73 Å². The Morgan fingerprint density at radius 3 is 2.65 bits per heavy atom. The van der Waals surface area contributed by atoms with Gasteiger partial charge in [0.1, 0.15) is 5.76 Å². The Hall–Kier alpha value is -2.23. The molecule has 0 aliphatic heterocycles. The Morgan fingerprint density at radius 1 is 1.04 bits per heavy atom. The maximum atomic E-state index is 12.3. The van der Waals surface area contributed by atoms with Crippen LogP contribution in [-0.2, 0) is 0 Å². The van der Waals surface area contributed by atoms with Gasteiger partial charge in [-0.2, -0.15) is 0 Å². The molecule has 1 N–H and O–H groups in total. The number of rotatable bonds is 3. The van der Waals surface area contributed by atoms with Gasteiger partial charge in [0.05, 0.1) is 5.02 Å². The fourth-order valence-electron chi connectivity index (χ4n) is 2.21. The molecule has 1 heterocycles.